The Kier molecular flexibility index (Phi) is 29.8. The Morgan fingerprint density at radius 2 is 1.19 bits per heavy atom. The molecule has 12 heterocycles. The van der Waals surface area contributed by atoms with Gasteiger partial charge in [-0.05, 0) is 192 Å². The Bertz CT molecular complexity index is 3110. The molecule has 2 bridgehead atoms. The minimum absolute atomic E-state index is 0.514. The van der Waals surface area contributed by atoms with E-state index in [4.69, 9.17) is 4.74 Å². The van der Waals surface area contributed by atoms with Crippen molar-refractivity contribution >= 4 is 28.1 Å². The summed E-state index contributed by atoms with van der Waals surface area (Å²) < 4.78 is 24.4. The number of aromatic nitrogens is 6. The minimum Gasteiger partial charge on any atom is -0.365 e. The number of anilines is 1. The monoisotopic (exact) mass is 1450 g/mol. The van der Waals surface area contributed by atoms with Crippen molar-refractivity contribution in [1.29, 1.82) is 0 Å². The van der Waals surface area contributed by atoms with Crippen LogP contribution in [-0.4, -0.2) is 117 Å². The predicted molar refractivity (Wildman–Crippen MR) is 436 cm³/mol. The highest BCUT2D eigenvalue weighted by molar-refractivity contribution is 7.06. The molecular weight excluding hydrogens is 1290 g/mol. The van der Waals surface area contributed by atoms with Crippen molar-refractivity contribution in [2.24, 2.45) is 36.6 Å². The van der Waals surface area contributed by atoms with Gasteiger partial charge in [0.05, 0.1) is 104 Å². The summed E-state index contributed by atoms with van der Waals surface area (Å²) in [6.07, 6.45) is 31.5. The lowest BCUT2D eigenvalue weighted by Crippen LogP contribution is -2.67. The molecule has 2 aliphatic carbocycles. The van der Waals surface area contributed by atoms with E-state index in [1.807, 2.05) is 23.1 Å². The summed E-state index contributed by atoms with van der Waals surface area (Å²) in [5.41, 5.74) is 11.7. The average Bonchev–Trinajstić information content (AvgIpc) is 1.62. The fourth-order valence-corrected chi connectivity index (χ4v) is 25.2. The van der Waals surface area contributed by atoms with Gasteiger partial charge in [-0.1, -0.05) is 83.1 Å². The molecule has 4 aromatic heterocycles. The zero-order valence-corrected chi connectivity index (χ0v) is 74.0. The van der Waals surface area contributed by atoms with Gasteiger partial charge in [0.1, 0.15) is 42.1 Å². The van der Waals surface area contributed by atoms with Crippen LogP contribution in [0.4, 0.5) is 5.00 Å². The number of piperidine rings is 2. The van der Waals surface area contributed by atoms with Crippen LogP contribution in [0.5, 0.6) is 0 Å². The fraction of sp³-hybridized carbons (Fsp3) is 0.865. The Labute approximate surface area is 638 Å². The van der Waals surface area contributed by atoms with Gasteiger partial charge in [-0.3, -0.25) is 0 Å². The SMILES string of the molecule is CC(C)C12CCC[N+]1(C(C)C)CCC2.CC(C)C1CC2CCCC(C1)[N+]2(C)C(C)C.CC(C)C1CC[N+]2(C(C)C)CCCC12.CC(C)N1CCc2c[n+](C(C)C)sc21.CC(C)c1c2c(n(C(C)C)[n+]1C)CCC2.CC(C)c1c[n+](C(C)C)c2n1CCOC2.CC(C)c1s[n+](C(C)C)c2c1CCC2. The summed E-state index contributed by atoms with van der Waals surface area (Å²) in [5.74, 6) is 7.92. The summed E-state index contributed by atoms with van der Waals surface area (Å²) in [6.45, 7) is 75.2. The first kappa shape index (κ1) is 84.9. The van der Waals surface area contributed by atoms with E-state index < -0.39 is 0 Å². The first-order valence-electron chi connectivity index (χ1n) is 43.2. The molecule has 6 saturated heterocycles. The minimum atomic E-state index is 0.514. The molecule has 14 rings (SSSR count). The zero-order valence-electron chi connectivity index (χ0n) is 72.4. The number of nitrogens with zero attached hydrogens (tertiary/aromatic N) is 10. The molecule has 0 spiro atoms. The average molecular weight is 1460 g/mol. The topological polar surface area (TPSA) is 37.9 Å². The van der Waals surface area contributed by atoms with Gasteiger partial charge in [0.25, 0.3) is 5.82 Å². The van der Waals surface area contributed by atoms with E-state index in [0.29, 0.717) is 53.5 Å². The number of ether oxygens (including phenoxy) is 1. The van der Waals surface area contributed by atoms with Crippen LogP contribution < -0.4 is 22.1 Å². The number of hydrogen-bond acceptors (Lipinski definition) is 4. The summed E-state index contributed by atoms with van der Waals surface area (Å²) >= 11 is 3.90. The first-order chi connectivity index (χ1) is 47.9. The largest absolute Gasteiger partial charge is 0.365 e. The van der Waals surface area contributed by atoms with Crippen molar-refractivity contribution in [3.8, 4) is 0 Å². The summed E-state index contributed by atoms with van der Waals surface area (Å²) in [4.78, 5) is 4.14. The van der Waals surface area contributed by atoms with Crippen LogP contribution in [0.3, 0.4) is 0 Å². The molecule has 5 atom stereocenters. The molecule has 0 saturated carbocycles. The molecular formula is C89H165N10OS2+7. The number of quaternary nitrogens is 3. The van der Waals surface area contributed by atoms with E-state index in [1.165, 1.54) is 190 Å². The third-order valence-electron chi connectivity index (χ3n) is 28.4. The molecule has 0 amide bonds. The Morgan fingerprint density at radius 3 is 1.69 bits per heavy atom. The van der Waals surface area contributed by atoms with Crippen molar-refractivity contribution in [3.63, 3.8) is 0 Å². The molecule has 10 aliphatic rings. The highest BCUT2D eigenvalue weighted by Crippen LogP contribution is 2.52. The standard InChI is InChI=1S/C15H30N.C13H23N2.2C13H26N.C12H21N2O.C12H20NS.C11H19N2S/c1-11(2)13-9-14-7-6-8-15(10-13)16(14,5)12(3)4;1-9(2)13-11-7-6-8-12(11)15(10(3)4)14(13)5;1-11(2)13-7-5-9-14(13,12(3)4)10-6-8-13;1-10(2)12-7-9-14(11(3)4)8-5-6-13(12)14;1-9(2)11-7-14(10(3)4)12-8-15-6-5-13(11)12;1-8(2)12-10-6-5-7-11(10)13(14-12)9(3)4;1-8(2)12-6-5-10-7-13(9(3)4)14-11(10)12/h11-15H,6-10H2,1-5H3;9-10H,6-8H2,1-5H3;11-12H,5-10H2,1-4H3;10-13H,5-9H2,1-4H3;7,9-10H,5-6,8H2,1-4H3;8-9H,5-7H2,1-4H3;7-9H,5-6H2,1-4H3/q7*+1. The Hall–Kier alpha value is -2.68. The van der Waals surface area contributed by atoms with E-state index in [2.05, 4.69) is 252 Å². The quantitative estimate of drug-likeness (QED) is 0.0932. The van der Waals surface area contributed by atoms with Crippen molar-refractivity contribution < 1.29 is 35.3 Å². The maximum absolute atomic E-state index is 5.54. The second kappa shape index (κ2) is 35.8. The summed E-state index contributed by atoms with van der Waals surface area (Å²) in [6, 6.07) is 8.39. The summed E-state index contributed by atoms with van der Waals surface area (Å²) in [7, 11) is 4.75. The fourth-order valence-electron chi connectivity index (χ4n) is 22.6. The molecule has 102 heavy (non-hydrogen) atoms. The van der Waals surface area contributed by atoms with Gasteiger partial charge in [0, 0.05) is 112 Å². The molecule has 0 aromatic carbocycles. The van der Waals surface area contributed by atoms with Crippen LogP contribution in [-0.2, 0) is 57.0 Å². The van der Waals surface area contributed by atoms with Gasteiger partial charge in [-0.15, -0.1) is 12.6 Å². The van der Waals surface area contributed by atoms with Gasteiger partial charge >= 0.3 is 0 Å². The van der Waals surface area contributed by atoms with Crippen LogP contribution in [0.2, 0.25) is 0 Å². The molecule has 8 aliphatic heterocycles. The molecule has 5 unspecified atom stereocenters. The number of fused-ring (bicyclic) bond motifs is 8. The van der Waals surface area contributed by atoms with E-state index in [0.717, 1.165) is 85.6 Å². The molecule has 13 heteroatoms. The maximum atomic E-state index is 5.54. The number of rotatable bonds is 14. The van der Waals surface area contributed by atoms with Gasteiger partial charge in [-0.2, -0.15) is 4.68 Å². The number of hydrogen-bond donors (Lipinski definition) is 0. The second-order valence-corrected chi connectivity index (χ2v) is 40.6. The molecule has 0 radical (unpaired) electrons. The van der Waals surface area contributed by atoms with E-state index in [9.17, 15) is 0 Å². The lowest BCUT2D eigenvalue weighted by molar-refractivity contribution is -0.986. The van der Waals surface area contributed by atoms with Crippen LogP contribution in [0.1, 0.15) is 376 Å². The summed E-state index contributed by atoms with van der Waals surface area (Å²) in [5, 5.41) is 1.49. The highest BCUT2D eigenvalue weighted by Gasteiger charge is 2.61. The van der Waals surface area contributed by atoms with E-state index >= 15 is 0 Å². The molecule has 6 fully saturated rings. The maximum Gasteiger partial charge on any atom is 0.283 e. The van der Waals surface area contributed by atoms with Crippen molar-refractivity contribution in [1.82, 2.24) is 9.25 Å². The zero-order chi connectivity index (χ0) is 75.4. The van der Waals surface area contributed by atoms with Gasteiger partial charge in [-0.25, -0.2) is 9.13 Å². The van der Waals surface area contributed by atoms with Crippen molar-refractivity contribution in [2.75, 3.05) is 51.3 Å². The molecule has 4 aromatic rings. The van der Waals surface area contributed by atoms with Crippen molar-refractivity contribution in [3.05, 3.63) is 62.6 Å². The Balaban J connectivity index is 0.000000151. The van der Waals surface area contributed by atoms with E-state index in [1.54, 1.807) is 33.1 Å². The lowest BCUT2D eigenvalue weighted by Gasteiger charge is -2.58. The smallest absolute Gasteiger partial charge is 0.283 e. The Morgan fingerprint density at radius 1 is 0.559 bits per heavy atom. The second-order valence-electron chi connectivity index (χ2n) is 38.6. The molecule has 11 nitrogen and oxygen atoms in total. The van der Waals surface area contributed by atoms with Crippen LogP contribution in [0.15, 0.2) is 12.4 Å². The third-order valence-corrected chi connectivity index (χ3v) is 31.5. The molecule has 582 valence electrons. The van der Waals surface area contributed by atoms with Crippen LogP contribution in [0, 0.1) is 29.6 Å². The van der Waals surface area contributed by atoms with Crippen molar-refractivity contribution in [2.45, 2.75) is 419 Å². The van der Waals surface area contributed by atoms with Gasteiger partial charge in [0.2, 0.25) is 5.69 Å². The predicted octanol–water partition coefficient (Wildman–Crippen LogP) is 20.2. The molecule has 0 N–H and O–H groups in total. The third kappa shape index (κ3) is 17.5. The highest BCUT2D eigenvalue weighted by atomic mass is 32.1. The number of imidazole rings is 1. The van der Waals surface area contributed by atoms with Crippen LogP contribution in [0.25, 0.3) is 0 Å². The van der Waals surface area contributed by atoms with E-state index in [-0.39, 0.29) is 0 Å². The van der Waals surface area contributed by atoms with Gasteiger partial charge in [0.15, 0.2) is 47.6 Å². The van der Waals surface area contributed by atoms with Gasteiger partial charge < -0.3 is 23.1 Å². The normalized spacial score (nSPS) is 27.5. The first-order valence-corrected chi connectivity index (χ1v) is 44.8. The van der Waals surface area contributed by atoms with Crippen LogP contribution >= 0.6 is 23.1 Å². The lowest BCUT2D eigenvalue weighted by atomic mass is 9.72.